The lowest BCUT2D eigenvalue weighted by molar-refractivity contribution is -0.394. The second-order valence-corrected chi connectivity index (χ2v) is 5.22. The Morgan fingerprint density at radius 2 is 2.00 bits per heavy atom. The Balaban J connectivity index is 2.02. The number of hydrogen-bond acceptors (Lipinski definition) is 6. The highest BCUT2D eigenvalue weighted by Crippen LogP contribution is 2.26. The third kappa shape index (κ3) is 3.73. The second-order valence-electron chi connectivity index (χ2n) is 5.22. The molecule has 114 valence electrons. The Labute approximate surface area is 121 Å². The number of aliphatic hydroxyl groups is 1. The van der Waals surface area contributed by atoms with Crippen LogP contribution in [-0.4, -0.2) is 27.6 Å². The van der Waals surface area contributed by atoms with Crippen molar-refractivity contribution in [3.05, 3.63) is 44.0 Å². The van der Waals surface area contributed by atoms with Crippen LogP contribution < -0.4 is 5.32 Å². The molecule has 0 spiro atoms. The molecule has 0 aromatic heterocycles. The van der Waals surface area contributed by atoms with E-state index in [0.717, 1.165) is 25.3 Å². The monoisotopic (exact) mass is 295 g/mol. The molecule has 2 unspecified atom stereocenters. The van der Waals surface area contributed by atoms with E-state index in [1.165, 1.54) is 12.1 Å². The number of nitrogens with zero attached hydrogens (tertiary/aromatic N) is 2. The fourth-order valence-corrected chi connectivity index (χ4v) is 2.63. The van der Waals surface area contributed by atoms with Gasteiger partial charge in [-0.3, -0.25) is 20.2 Å². The number of non-ortho nitro benzene ring substituents is 1. The van der Waals surface area contributed by atoms with Crippen LogP contribution in [0.15, 0.2) is 18.2 Å². The maximum atomic E-state index is 11.0. The lowest BCUT2D eigenvalue weighted by Gasteiger charge is -2.15. The summed E-state index contributed by atoms with van der Waals surface area (Å²) in [4.78, 5) is 20.4. The summed E-state index contributed by atoms with van der Waals surface area (Å²) in [6, 6.07) is 3.63. The highest BCUT2D eigenvalue weighted by molar-refractivity contribution is 5.49. The van der Waals surface area contributed by atoms with Gasteiger partial charge in [-0.05, 0) is 24.8 Å². The Morgan fingerprint density at radius 3 is 2.57 bits per heavy atom. The summed E-state index contributed by atoms with van der Waals surface area (Å²) in [5.74, 6) is 0.169. The molecule has 0 radical (unpaired) electrons. The largest absolute Gasteiger partial charge is 0.393 e. The van der Waals surface area contributed by atoms with Gasteiger partial charge < -0.3 is 10.4 Å². The fourth-order valence-electron chi connectivity index (χ4n) is 2.63. The Morgan fingerprint density at radius 1 is 1.24 bits per heavy atom. The minimum atomic E-state index is -0.654. The average Bonchev–Trinajstić information content (AvgIpc) is 2.84. The molecule has 2 N–H and O–H groups in total. The number of nitro groups is 2. The molecular formula is C13H17N3O5. The predicted octanol–water partition coefficient (Wildman–Crippen LogP) is 1.75. The molecule has 8 nitrogen and oxygen atoms in total. The van der Waals surface area contributed by atoms with Gasteiger partial charge in [0.15, 0.2) is 0 Å². The zero-order valence-corrected chi connectivity index (χ0v) is 11.4. The topological polar surface area (TPSA) is 119 Å². The van der Waals surface area contributed by atoms with Gasteiger partial charge in [0, 0.05) is 24.7 Å². The van der Waals surface area contributed by atoms with Crippen LogP contribution in [0.2, 0.25) is 0 Å². The number of nitrogens with one attached hydrogen (secondary N) is 1. The van der Waals surface area contributed by atoms with Gasteiger partial charge in [0.2, 0.25) is 0 Å². The van der Waals surface area contributed by atoms with Gasteiger partial charge in [0.05, 0.1) is 22.0 Å². The molecule has 0 amide bonds. The van der Waals surface area contributed by atoms with Crippen LogP contribution in [0.25, 0.3) is 0 Å². The highest BCUT2D eigenvalue weighted by Gasteiger charge is 2.25. The van der Waals surface area contributed by atoms with Crippen molar-refractivity contribution >= 4 is 11.4 Å². The molecular weight excluding hydrogens is 278 g/mol. The van der Waals surface area contributed by atoms with Gasteiger partial charge in [0.25, 0.3) is 11.4 Å². The zero-order chi connectivity index (χ0) is 15.4. The Bertz CT molecular complexity index is 549. The smallest absolute Gasteiger partial charge is 0.280 e. The second kappa shape index (κ2) is 6.59. The summed E-state index contributed by atoms with van der Waals surface area (Å²) < 4.78 is 0. The zero-order valence-electron chi connectivity index (χ0n) is 11.4. The number of nitro benzene ring substituents is 2. The van der Waals surface area contributed by atoms with Crippen molar-refractivity contribution in [1.29, 1.82) is 0 Å². The SMILES string of the molecule is O=[N+]([O-])c1ccc(CNCC2CCCC2O)c([N+](=O)[O-])c1. The number of benzene rings is 1. The molecule has 0 bridgehead atoms. The Kier molecular flexibility index (Phi) is 4.81. The van der Waals surface area contributed by atoms with Crippen molar-refractivity contribution in [1.82, 2.24) is 5.32 Å². The van der Waals surface area contributed by atoms with Crippen molar-refractivity contribution in [3.8, 4) is 0 Å². The van der Waals surface area contributed by atoms with Crippen molar-refractivity contribution in [2.75, 3.05) is 6.54 Å². The minimum Gasteiger partial charge on any atom is -0.393 e. The molecule has 1 aliphatic rings. The molecule has 1 saturated carbocycles. The molecule has 2 atom stereocenters. The summed E-state index contributed by atoms with van der Waals surface area (Å²) in [5.41, 5.74) is -0.154. The number of rotatable bonds is 6. The maximum Gasteiger partial charge on any atom is 0.280 e. The molecule has 1 fully saturated rings. The van der Waals surface area contributed by atoms with Crippen molar-refractivity contribution < 1.29 is 15.0 Å². The molecule has 0 heterocycles. The quantitative estimate of drug-likeness (QED) is 0.609. The molecule has 8 heteroatoms. The summed E-state index contributed by atoms with van der Waals surface area (Å²) >= 11 is 0. The van der Waals surface area contributed by atoms with E-state index < -0.39 is 9.85 Å². The van der Waals surface area contributed by atoms with Crippen LogP contribution in [-0.2, 0) is 6.54 Å². The van der Waals surface area contributed by atoms with E-state index in [2.05, 4.69) is 5.32 Å². The van der Waals surface area contributed by atoms with E-state index in [4.69, 9.17) is 0 Å². The van der Waals surface area contributed by atoms with E-state index in [9.17, 15) is 25.3 Å². The predicted molar refractivity (Wildman–Crippen MR) is 74.8 cm³/mol. The van der Waals surface area contributed by atoms with Gasteiger partial charge in [0.1, 0.15) is 0 Å². The standard InChI is InChI=1S/C13H17N3O5/c17-13-3-1-2-10(13)8-14-7-9-4-5-11(15(18)19)6-12(9)16(20)21/h4-6,10,13-14,17H,1-3,7-8H2. The lowest BCUT2D eigenvalue weighted by Crippen LogP contribution is -2.27. The first kappa shape index (κ1) is 15.3. The van der Waals surface area contributed by atoms with E-state index in [1.54, 1.807) is 0 Å². The summed E-state index contributed by atoms with van der Waals surface area (Å²) in [5, 5.41) is 34.4. The Hall–Kier alpha value is -2.06. The first-order valence-corrected chi connectivity index (χ1v) is 6.79. The van der Waals surface area contributed by atoms with Crippen LogP contribution in [0, 0.1) is 26.1 Å². The molecule has 0 aliphatic heterocycles. The number of aliphatic hydroxyl groups excluding tert-OH is 1. The van der Waals surface area contributed by atoms with Gasteiger partial charge >= 0.3 is 0 Å². The summed E-state index contributed by atoms with van der Waals surface area (Å²) in [6.07, 6.45) is 2.41. The van der Waals surface area contributed by atoms with Crippen LogP contribution in [0.3, 0.4) is 0 Å². The maximum absolute atomic E-state index is 11.0. The molecule has 1 aromatic carbocycles. The average molecular weight is 295 g/mol. The molecule has 1 aromatic rings. The van der Waals surface area contributed by atoms with Gasteiger partial charge in [-0.1, -0.05) is 6.42 Å². The fraction of sp³-hybridized carbons (Fsp3) is 0.538. The first-order chi connectivity index (χ1) is 9.99. The van der Waals surface area contributed by atoms with Crippen LogP contribution in [0.1, 0.15) is 24.8 Å². The normalized spacial score (nSPS) is 21.4. The third-order valence-corrected chi connectivity index (χ3v) is 3.82. The third-order valence-electron chi connectivity index (χ3n) is 3.82. The summed E-state index contributed by atoms with van der Waals surface area (Å²) in [6.45, 7) is 0.826. The number of hydrogen-bond donors (Lipinski definition) is 2. The van der Waals surface area contributed by atoms with Crippen molar-refractivity contribution in [2.24, 2.45) is 5.92 Å². The molecule has 2 rings (SSSR count). The summed E-state index contributed by atoms with van der Waals surface area (Å²) in [7, 11) is 0. The van der Waals surface area contributed by atoms with E-state index in [0.29, 0.717) is 12.1 Å². The highest BCUT2D eigenvalue weighted by atomic mass is 16.6. The minimum absolute atomic E-state index is 0.169. The van der Waals surface area contributed by atoms with Crippen LogP contribution in [0.4, 0.5) is 11.4 Å². The molecule has 1 aliphatic carbocycles. The van der Waals surface area contributed by atoms with Gasteiger partial charge in [-0.2, -0.15) is 0 Å². The van der Waals surface area contributed by atoms with Gasteiger partial charge in [-0.15, -0.1) is 0 Å². The molecule has 0 saturated heterocycles. The van der Waals surface area contributed by atoms with E-state index in [1.807, 2.05) is 0 Å². The molecule has 21 heavy (non-hydrogen) atoms. The van der Waals surface area contributed by atoms with Crippen molar-refractivity contribution in [3.63, 3.8) is 0 Å². The van der Waals surface area contributed by atoms with Crippen molar-refractivity contribution in [2.45, 2.75) is 31.9 Å². The van der Waals surface area contributed by atoms with E-state index >= 15 is 0 Å². The van der Waals surface area contributed by atoms with Crippen LogP contribution >= 0.6 is 0 Å². The first-order valence-electron chi connectivity index (χ1n) is 6.79. The van der Waals surface area contributed by atoms with Gasteiger partial charge in [-0.25, -0.2) is 0 Å². The van der Waals surface area contributed by atoms with Crippen LogP contribution in [0.5, 0.6) is 0 Å². The lowest BCUT2D eigenvalue weighted by atomic mass is 10.1. The van der Waals surface area contributed by atoms with E-state index in [-0.39, 0.29) is 29.9 Å².